The van der Waals surface area contributed by atoms with E-state index in [4.69, 9.17) is 4.99 Å². The van der Waals surface area contributed by atoms with Gasteiger partial charge in [-0.3, -0.25) is 0 Å². The summed E-state index contributed by atoms with van der Waals surface area (Å²) < 4.78 is 0. The second-order valence-corrected chi connectivity index (χ2v) is 4.48. The normalized spacial score (nSPS) is 18.3. The lowest BCUT2D eigenvalue weighted by atomic mass is 10.1. The molecule has 1 rings (SSSR count). The zero-order valence-corrected chi connectivity index (χ0v) is 13.1. The Morgan fingerprint density at radius 3 is 2.06 bits per heavy atom. The molecule has 0 aromatic heterocycles. The van der Waals surface area contributed by atoms with Gasteiger partial charge in [-0.1, -0.05) is 26.0 Å². The number of hydrogen-bond donors (Lipinski definition) is 0. The quantitative estimate of drug-likeness (QED) is 0.391. The van der Waals surface area contributed by atoms with Gasteiger partial charge in [0.1, 0.15) is 5.84 Å². The number of amidine groups is 1. The molecule has 18 heavy (non-hydrogen) atoms. The van der Waals surface area contributed by atoms with Crippen molar-refractivity contribution < 1.29 is 0 Å². The Morgan fingerprint density at radius 1 is 1.00 bits per heavy atom. The van der Waals surface area contributed by atoms with Gasteiger partial charge in [-0.25, -0.2) is 4.99 Å². The second kappa shape index (κ2) is 9.93. The van der Waals surface area contributed by atoms with E-state index in [1.165, 1.54) is 43.8 Å². The van der Waals surface area contributed by atoms with Crippen molar-refractivity contribution >= 4 is 5.84 Å². The first kappa shape index (κ1) is 16.9. The van der Waals surface area contributed by atoms with Gasteiger partial charge in [-0.05, 0) is 52.5 Å². The van der Waals surface area contributed by atoms with Gasteiger partial charge < -0.3 is 4.90 Å². The maximum Gasteiger partial charge on any atom is 0.101 e. The van der Waals surface area contributed by atoms with Crippen molar-refractivity contribution in [2.24, 2.45) is 4.99 Å². The van der Waals surface area contributed by atoms with Gasteiger partial charge in [-0.2, -0.15) is 0 Å². The van der Waals surface area contributed by atoms with Gasteiger partial charge in [0.15, 0.2) is 0 Å². The number of hydrogen-bond acceptors (Lipinski definition) is 1. The Labute approximate surface area is 113 Å². The van der Waals surface area contributed by atoms with E-state index in [-0.39, 0.29) is 0 Å². The van der Waals surface area contributed by atoms with E-state index in [1.807, 2.05) is 20.8 Å². The van der Waals surface area contributed by atoms with Crippen molar-refractivity contribution in [3.63, 3.8) is 0 Å². The minimum Gasteiger partial charge on any atom is -0.360 e. The second-order valence-electron chi connectivity index (χ2n) is 4.48. The van der Waals surface area contributed by atoms with Gasteiger partial charge >= 0.3 is 0 Å². The average molecular weight is 250 g/mol. The summed E-state index contributed by atoms with van der Waals surface area (Å²) in [6.07, 6.45) is 8.16. The lowest BCUT2D eigenvalue weighted by Crippen LogP contribution is -2.33. The van der Waals surface area contributed by atoms with Crippen molar-refractivity contribution in [2.45, 2.75) is 60.8 Å². The molecule has 0 atom stereocenters. The highest BCUT2D eigenvalue weighted by Crippen LogP contribution is 2.12. The highest BCUT2D eigenvalue weighted by molar-refractivity contribution is 5.80. The number of allylic oxidation sites excluding steroid dienone is 4. The first-order valence-electron chi connectivity index (χ1n) is 7.25. The standard InChI is InChI=1S/C14H24N2.C2H6/c1-5-9-12(2)13(3)15-14(4)16-10-7-6-8-11-16;1-2/h5,9H,6-8,10-11H2,1-4H3;1-2H3/b9-5+,13-12-,15-14?;. The fourth-order valence-electron chi connectivity index (χ4n) is 1.99. The third kappa shape index (κ3) is 6.04. The summed E-state index contributed by atoms with van der Waals surface area (Å²) in [5.41, 5.74) is 2.38. The first-order chi connectivity index (χ1) is 8.65. The van der Waals surface area contributed by atoms with E-state index in [2.05, 4.69) is 37.8 Å². The van der Waals surface area contributed by atoms with Crippen molar-refractivity contribution in [1.29, 1.82) is 0 Å². The SMILES string of the molecule is C/C=C/C(C)=C(/C)N=C(C)N1CCCCC1.CC. The van der Waals surface area contributed by atoms with Crippen LogP contribution in [0.1, 0.15) is 60.8 Å². The molecular weight excluding hydrogens is 220 g/mol. The zero-order chi connectivity index (χ0) is 14.0. The maximum absolute atomic E-state index is 4.69. The number of rotatable bonds is 2. The molecule has 1 saturated heterocycles. The van der Waals surface area contributed by atoms with E-state index >= 15 is 0 Å². The molecule has 1 aliphatic rings. The van der Waals surface area contributed by atoms with E-state index in [9.17, 15) is 0 Å². The lowest BCUT2D eigenvalue weighted by Gasteiger charge is -2.28. The lowest BCUT2D eigenvalue weighted by molar-refractivity contribution is 0.340. The summed E-state index contributed by atoms with van der Waals surface area (Å²) in [6.45, 7) is 14.7. The Morgan fingerprint density at radius 2 is 1.56 bits per heavy atom. The number of nitrogens with zero attached hydrogens (tertiary/aromatic N) is 2. The van der Waals surface area contributed by atoms with Crippen LogP contribution in [0, 0.1) is 0 Å². The maximum atomic E-state index is 4.69. The topological polar surface area (TPSA) is 15.6 Å². The summed E-state index contributed by atoms with van der Waals surface area (Å²) in [6, 6.07) is 0. The first-order valence-corrected chi connectivity index (χ1v) is 7.25. The zero-order valence-electron chi connectivity index (χ0n) is 13.1. The van der Waals surface area contributed by atoms with Gasteiger partial charge in [-0.15, -0.1) is 0 Å². The minimum atomic E-state index is 1.13. The molecule has 2 nitrogen and oxygen atoms in total. The summed E-state index contributed by atoms with van der Waals surface area (Å²) >= 11 is 0. The number of aliphatic imine (C=N–C) groups is 1. The highest BCUT2D eigenvalue weighted by Gasteiger charge is 2.10. The van der Waals surface area contributed by atoms with Gasteiger partial charge in [0.05, 0.1) is 0 Å². The van der Waals surface area contributed by atoms with Crippen LogP contribution in [0.2, 0.25) is 0 Å². The predicted molar refractivity (Wildman–Crippen MR) is 83.1 cm³/mol. The minimum absolute atomic E-state index is 1.13. The Balaban J connectivity index is 0.00000137. The third-order valence-electron chi connectivity index (χ3n) is 3.13. The summed E-state index contributed by atoms with van der Waals surface area (Å²) in [5, 5.41) is 0. The van der Waals surface area contributed by atoms with E-state index in [1.54, 1.807) is 0 Å². The highest BCUT2D eigenvalue weighted by atomic mass is 15.2. The van der Waals surface area contributed by atoms with Gasteiger partial charge in [0, 0.05) is 18.8 Å². The van der Waals surface area contributed by atoms with E-state index in [0.717, 1.165) is 5.70 Å². The van der Waals surface area contributed by atoms with E-state index < -0.39 is 0 Å². The smallest absolute Gasteiger partial charge is 0.101 e. The number of piperidine rings is 1. The molecule has 0 unspecified atom stereocenters. The fourth-order valence-corrected chi connectivity index (χ4v) is 1.99. The van der Waals surface area contributed by atoms with Crippen LogP contribution in [0.4, 0.5) is 0 Å². The molecule has 1 heterocycles. The summed E-state index contributed by atoms with van der Waals surface area (Å²) in [4.78, 5) is 7.09. The van der Waals surface area contributed by atoms with Gasteiger partial charge in [0.2, 0.25) is 0 Å². The molecule has 0 bridgehead atoms. The molecule has 0 aromatic rings. The summed E-state index contributed by atoms with van der Waals surface area (Å²) in [5.74, 6) is 1.17. The molecule has 0 radical (unpaired) electrons. The van der Waals surface area contributed by atoms with Crippen molar-refractivity contribution in [3.8, 4) is 0 Å². The molecule has 1 aliphatic heterocycles. The van der Waals surface area contributed by atoms with Crippen LogP contribution in [0.5, 0.6) is 0 Å². The largest absolute Gasteiger partial charge is 0.360 e. The van der Waals surface area contributed by atoms with Crippen LogP contribution >= 0.6 is 0 Å². The average Bonchev–Trinajstić information content (AvgIpc) is 2.42. The Kier molecular flexibility index (Phi) is 9.35. The third-order valence-corrected chi connectivity index (χ3v) is 3.13. The molecule has 0 aromatic carbocycles. The fraction of sp³-hybridized carbons (Fsp3) is 0.688. The molecule has 0 N–H and O–H groups in total. The van der Waals surface area contributed by atoms with Crippen LogP contribution in [-0.4, -0.2) is 23.8 Å². The molecular formula is C16H30N2. The number of likely N-dealkylation sites (tertiary alicyclic amines) is 1. The monoisotopic (exact) mass is 250 g/mol. The van der Waals surface area contributed by atoms with Crippen LogP contribution in [0.15, 0.2) is 28.4 Å². The molecule has 104 valence electrons. The molecule has 0 spiro atoms. The Hall–Kier alpha value is -1.05. The Bertz CT molecular complexity index is 305. The van der Waals surface area contributed by atoms with E-state index in [0.29, 0.717) is 0 Å². The molecule has 0 saturated carbocycles. The molecule has 1 fully saturated rings. The van der Waals surface area contributed by atoms with Crippen LogP contribution in [0.25, 0.3) is 0 Å². The van der Waals surface area contributed by atoms with Crippen molar-refractivity contribution in [1.82, 2.24) is 4.90 Å². The van der Waals surface area contributed by atoms with Crippen LogP contribution < -0.4 is 0 Å². The van der Waals surface area contributed by atoms with Crippen molar-refractivity contribution in [2.75, 3.05) is 13.1 Å². The van der Waals surface area contributed by atoms with Crippen LogP contribution in [0.3, 0.4) is 0 Å². The predicted octanol–water partition coefficient (Wildman–Crippen LogP) is 4.79. The molecule has 0 aliphatic carbocycles. The molecule has 2 heteroatoms. The summed E-state index contributed by atoms with van der Waals surface area (Å²) in [7, 11) is 0. The van der Waals surface area contributed by atoms with Gasteiger partial charge in [0.25, 0.3) is 0 Å². The van der Waals surface area contributed by atoms with Crippen LogP contribution in [-0.2, 0) is 0 Å². The van der Waals surface area contributed by atoms with Crippen molar-refractivity contribution in [3.05, 3.63) is 23.4 Å². The molecule has 0 amide bonds.